The number of benzene rings is 2. The number of nitrogens with one attached hydrogen (secondary N) is 1. The maximum absolute atomic E-state index is 12.6. The number of methoxy groups -OCH3 is 1. The lowest BCUT2D eigenvalue weighted by Crippen LogP contribution is -2.45. The average molecular weight is 376 g/mol. The van der Waals surface area contributed by atoms with Gasteiger partial charge in [-0.3, -0.25) is 9.10 Å². The van der Waals surface area contributed by atoms with Crippen LogP contribution in [0.2, 0.25) is 0 Å². The molecule has 2 aromatic rings. The Balaban J connectivity index is 2.27. The van der Waals surface area contributed by atoms with E-state index in [2.05, 4.69) is 5.32 Å². The molecule has 0 aliphatic rings. The van der Waals surface area contributed by atoms with Crippen molar-refractivity contribution in [2.75, 3.05) is 23.0 Å². The van der Waals surface area contributed by atoms with Gasteiger partial charge in [-0.2, -0.15) is 0 Å². The van der Waals surface area contributed by atoms with Gasteiger partial charge in [0.2, 0.25) is 15.9 Å². The van der Waals surface area contributed by atoms with Crippen molar-refractivity contribution >= 4 is 27.3 Å². The Morgan fingerprint density at radius 3 is 2.38 bits per heavy atom. The van der Waals surface area contributed by atoms with Crippen molar-refractivity contribution < 1.29 is 17.9 Å². The molecule has 0 saturated heterocycles. The fourth-order valence-corrected chi connectivity index (χ4v) is 3.79. The lowest BCUT2D eigenvalue weighted by Gasteiger charge is -2.28. The SMILES string of the molecule is CCc1ccc(NC(=O)C(C)N(c2cccc(OC)c2)S(C)(=O)=O)cc1. The van der Waals surface area contributed by atoms with Gasteiger partial charge in [0, 0.05) is 11.8 Å². The summed E-state index contributed by atoms with van der Waals surface area (Å²) in [7, 11) is -2.17. The van der Waals surface area contributed by atoms with Crippen molar-refractivity contribution in [1.29, 1.82) is 0 Å². The number of carbonyl (C=O) groups is 1. The molecule has 0 aromatic heterocycles. The van der Waals surface area contributed by atoms with Crippen LogP contribution in [0.5, 0.6) is 5.75 Å². The number of ether oxygens (including phenoxy) is 1. The fourth-order valence-electron chi connectivity index (χ4n) is 2.63. The molecule has 0 spiro atoms. The normalized spacial score (nSPS) is 12.3. The third-order valence-electron chi connectivity index (χ3n) is 4.03. The zero-order chi connectivity index (χ0) is 19.3. The van der Waals surface area contributed by atoms with Gasteiger partial charge in [-0.25, -0.2) is 8.42 Å². The number of carbonyl (C=O) groups excluding carboxylic acids is 1. The first-order chi connectivity index (χ1) is 12.3. The number of hydrogen-bond donors (Lipinski definition) is 1. The molecule has 140 valence electrons. The number of aryl methyl sites for hydroxylation is 1. The van der Waals surface area contributed by atoms with Crippen molar-refractivity contribution in [2.24, 2.45) is 0 Å². The number of sulfonamides is 1. The molecule has 1 N–H and O–H groups in total. The van der Waals surface area contributed by atoms with Crippen LogP contribution in [0, 0.1) is 0 Å². The Bertz CT molecular complexity index is 863. The second kappa shape index (κ2) is 8.23. The molecule has 0 fully saturated rings. The van der Waals surface area contributed by atoms with Gasteiger partial charge in [0.15, 0.2) is 0 Å². The molecular formula is C19H24N2O4S. The number of hydrogen-bond acceptors (Lipinski definition) is 4. The first kappa shape index (κ1) is 19.8. The predicted molar refractivity (Wildman–Crippen MR) is 104 cm³/mol. The average Bonchev–Trinajstić information content (AvgIpc) is 2.61. The van der Waals surface area contributed by atoms with E-state index in [4.69, 9.17) is 4.74 Å². The van der Waals surface area contributed by atoms with Crippen LogP contribution in [0.4, 0.5) is 11.4 Å². The molecule has 6 nitrogen and oxygen atoms in total. The minimum absolute atomic E-state index is 0.371. The Morgan fingerprint density at radius 2 is 1.85 bits per heavy atom. The van der Waals surface area contributed by atoms with E-state index >= 15 is 0 Å². The second-order valence-electron chi connectivity index (χ2n) is 5.98. The standard InChI is InChI=1S/C19H24N2O4S/c1-5-15-9-11-16(12-10-15)20-19(22)14(2)21(26(4,23)24)17-7-6-8-18(13-17)25-3/h6-14H,5H2,1-4H3,(H,20,22). The van der Waals surface area contributed by atoms with Gasteiger partial charge in [0.05, 0.1) is 19.1 Å². The highest BCUT2D eigenvalue weighted by molar-refractivity contribution is 7.92. The number of amides is 1. The second-order valence-corrected chi connectivity index (χ2v) is 7.84. The van der Waals surface area contributed by atoms with Crippen molar-refractivity contribution in [3.8, 4) is 5.75 Å². The van der Waals surface area contributed by atoms with Crippen LogP contribution >= 0.6 is 0 Å². The Morgan fingerprint density at radius 1 is 1.19 bits per heavy atom. The first-order valence-corrected chi connectivity index (χ1v) is 10.1. The Hall–Kier alpha value is -2.54. The molecule has 1 atom stereocenters. The van der Waals surface area contributed by atoms with Crippen LogP contribution in [-0.2, 0) is 21.2 Å². The number of anilines is 2. The molecular weight excluding hydrogens is 352 g/mol. The molecule has 2 aromatic carbocycles. The van der Waals surface area contributed by atoms with Gasteiger partial charge < -0.3 is 10.1 Å². The van der Waals surface area contributed by atoms with Gasteiger partial charge in [-0.05, 0) is 43.2 Å². The summed E-state index contributed by atoms with van der Waals surface area (Å²) in [6, 6.07) is 13.1. The topological polar surface area (TPSA) is 75.7 Å². The Kier molecular flexibility index (Phi) is 6.26. The summed E-state index contributed by atoms with van der Waals surface area (Å²) in [5.41, 5.74) is 2.15. The molecule has 1 unspecified atom stereocenters. The summed E-state index contributed by atoms with van der Waals surface area (Å²) in [6.07, 6.45) is 1.98. The number of rotatable bonds is 7. The van der Waals surface area contributed by atoms with Gasteiger partial charge in [-0.1, -0.05) is 25.1 Å². The summed E-state index contributed by atoms with van der Waals surface area (Å²) < 4.78 is 30.9. The molecule has 0 bridgehead atoms. The third-order valence-corrected chi connectivity index (χ3v) is 5.27. The van der Waals surface area contributed by atoms with Crippen LogP contribution in [0.3, 0.4) is 0 Å². The van der Waals surface area contributed by atoms with Crippen LogP contribution in [-0.4, -0.2) is 33.7 Å². The molecule has 0 heterocycles. The van der Waals surface area contributed by atoms with E-state index in [1.54, 1.807) is 43.3 Å². The summed E-state index contributed by atoms with van der Waals surface area (Å²) >= 11 is 0. The van der Waals surface area contributed by atoms with Gasteiger partial charge >= 0.3 is 0 Å². The fraction of sp³-hybridized carbons (Fsp3) is 0.316. The maximum atomic E-state index is 12.6. The van der Waals surface area contributed by atoms with E-state index in [0.29, 0.717) is 17.1 Å². The molecule has 0 aliphatic carbocycles. The van der Waals surface area contributed by atoms with Crippen LogP contribution in [0.25, 0.3) is 0 Å². The van der Waals surface area contributed by atoms with E-state index in [-0.39, 0.29) is 0 Å². The van der Waals surface area contributed by atoms with Crippen LogP contribution < -0.4 is 14.4 Å². The predicted octanol–water partition coefficient (Wildman–Crippen LogP) is 3.05. The zero-order valence-electron chi connectivity index (χ0n) is 15.4. The van der Waals surface area contributed by atoms with E-state index in [0.717, 1.165) is 22.5 Å². The third kappa shape index (κ3) is 4.76. The molecule has 26 heavy (non-hydrogen) atoms. The van der Waals surface area contributed by atoms with Crippen molar-refractivity contribution in [3.05, 3.63) is 54.1 Å². The highest BCUT2D eigenvalue weighted by Gasteiger charge is 2.29. The Labute approximate surface area is 154 Å². The van der Waals surface area contributed by atoms with E-state index in [9.17, 15) is 13.2 Å². The molecule has 2 rings (SSSR count). The van der Waals surface area contributed by atoms with E-state index in [1.807, 2.05) is 19.1 Å². The van der Waals surface area contributed by atoms with Crippen molar-refractivity contribution in [2.45, 2.75) is 26.3 Å². The van der Waals surface area contributed by atoms with Crippen molar-refractivity contribution in [1.82, 2.24) is 0 Å². The lowest BCUT2D eigenvalue weighted by molar-refractivity contribution is -0.116. The maximum Gasteiger partial charge on any atom is 0.247 e. The van der Waals surface area contributed by atoms with Gasteiger partial charge in [0.1, 0.15) is 11.8 Å². The first-order valence-electron chi connectivity index (χ1n) is 8.29. The minimum Gasteiger partial charge on any atom is -0.497 e. The largest absolute Gasteiger partial charge is 0.497 e. The van der Waals surface area contributed by atoms with Gasteiger partial charge in [-0.15, -0.1) is 0 Å². The van der Waals surface area contributed by atoms with E-state index in [1.165, 1.54) is 7.11 Å². The molecule has 1 amide bonds. The molecule has 7 heteroatoms. The van der Waals surface area contributed by atoms with E-state index < -0.39 is 22.0 Å². The molecule has 0 saturated carbocycles. The monoisotopic (exact) mass is 376 g/mol. The number of nitrogens with zero attached hydrogens (tertiary/aromatic N) is 1. The molecule has 0 aliphatic heterocycles. The summed E-state index contributed by atoms with van der Waals surface area (Å²) in [6.45, 7) is 3.60. The van der Waals surface area contributed by atoms with Gasteiger partial charge in [0.25, 0.3) is 0 Å². The highest BCUT2D eigenvalue weighted by atomic mass is 32.2. The highest BCUT2D eigenvalue weighted by Crippen LogP contribution is 2.25. The zero-order valence-corrected chi connectivity index (χ0v) is 16.2. The summed E-state index contributed by atoms with van der Waals surface area (Å²) in [5, 5.41) is 2.77. The summed E-state index contributed by atoms with van der Waals surface area (Å²) in [5.74, 6) is 0.0985. The molecule has 0 radical (unpaired) electrons. The lowest BCUT2D eigenvalue weighted by atomic mass is 10.1. The minimum atomic E-state index is -3.67. The van der Waals surface area contributed by atoms with Crippen LogP contribution in [0.15, 0.2) is 48.5 Å². The summed E-state index contributed by atoms with van der Waals surface area (Å²) in [4.78, 5) is 12.6. The smallest absolute Gasteiger partial charge is 0.247 e. The van der Waals surface area contributed by atoms with Crippen molar-refractivity contribution in [3.63, 3.8) is 0 Å². The quantitative estimate of drug-likeness (QED) is 0.806. The van der Waals surface area contributed by atoms with Crippen LogP contribution in [0.1, 0.15) is 19.4 Å².